The van der Waals surface area contributed by atoms with E-state index in [0.717, 1.165) is 5.56 Å². The number of carbonyl (C=O) groups excluding carboxylic acids is 2. The monoisotopic (exact) mass is 396 g/mol. The van der Waals surface area contributed by atoms with E-state index in [4.69, 9.17) is 14.7 Å². The molecule has 1 aromatic heterocycles. The average Bonchev–Trinajstić information content (AvgIpc) is 3.21. The number of morpholine rings is 1. The van der Waals surface area contributed by atoms with E-state index >= 15 is 0 Å². The van der Waals surface area contributed by atoms with Crippen molar-refractivity contribution in [2.45, 2.75) is 0 Å². The molecule has 1 saturated heterocycles. The smallest absolute Gasteiger partial charge is 0.274 e. The van der Waals surface area contributed by atoms with E-state index in [1.54, 1.807) is 40.7 Å². The lowest BCUT2D eigenvalue weighted by Gasteiger charge is -2.26. The first-order valence-corrected chi connectivity index (χ1v) is 9.17. The summed E-state index contributed by atoms with van der Waals surface area (Å²) in [7, 11) is 0. The molecule has 3 N–H and O–H groups in total. The zero-order valence-electron chi connectivity index (χ0n) is 15.6. The van der Waals surface area contributed by atoms with Gasteiger partial charge in [-0.05, 0) is 30.3 Å². The predicted octanol–water partition coefficient (Wildman–Crippen LogP) is 1.59. The van der Waals surface area contributed by atoms with Crippen molar-refractivity contribution in [3.8, 4) is 17.1 Å². The first kappa shape index (κ1) is 18.9. The normalized spacial score (nSPS) is 14.0. The largest absolute Gasteiger partial charge is 0.484 e. The number of benzene rings is 2. The van der Waals surface area contributed by atoms with Gasteiger partial charge in [0, 0.05) is 24.2 Å². The molecule has 0 atom stereocenters. The van der Waals surface area contributed by atoms with Crippen molar-refractivity contribution in [3.05, 3.63) is 48.0 Å². The van der Waals surface area contributed by atoms with Crippen LogP contribution in [0.5, 0.6) is 5.75 Å². The molecule has 9 nitrogen and oxygen atoms in total. The van der Waals surface area contributed by atoms with Crippen molar-refractivity contribution in [3.63, 3.8) is 0 Å². The van der Waals surface area contributed by atoms with Crippen LogP contribution in [0.2, 0.25) is 0 Å². The summed E-state index contributed by atoms with van der Waals surface area (Å²) in [4.78, 5) is 33.2. The van der Waals surface area contributed by atoms with Crippen molar-refractivity contribution in [1.29, 1.82) is 0 Å². The number of hydrogen-bond acceptors (Lipinski definition) is 6. The van der Waals surface area contributed by atoms with E-state index in [1.807, 2.05) is 12.1 Å². The lowest BCUT2D eigenvalue weighted by atomic mass is 10.2. The minimum Gasteiger partial charge on any atom is -0.484 e. The molecule has 1 aliphatic rings. The summed E-state index contributed by atoms with van der Waals surface area (Å²) >= 11 is 0. The second-order valence-corrected chi connectivity index (χ2v) is 6.57. The third-order valence-electron chi connectivity index (χ3n) is 4.68. The standard InChI is InChI=1S/C20H20N4O5/c25-18(24-6-8-28-9-7-24)12-29-15-3-1-2-13(10-15)19-21-16-5-4-14(20(26)23-27)11-17(16)22-19/h1-5,10-11,27H,6-9,12H2,(H,21,22)(H,23,26). The molecule has 1 fully saturated rings. The summed E-state index contributed by atoms with van der Waals surface area (Å²) in [5.41, 5.74) is 4.05. The highest BCUT2D eigenvalue weighted by Gasteiger charge is 2.17. The second-order valence-electron chi connectivity index (χ2n) is 6.57. The Hall–Kier alpha value is -3.43. The lowest BCUT2D eigenvalue weighted by molar-refractivity contribution is -0.137. The number of fused-ring (bicyclic) bond motifs is 1. The molecule has 150 valence electrons. The van der Waals surface area contributed by atoms with E-state index < -0.39 is 5.91 Å². The Labute approximate surface area is 166 Å². The van der Waals surface area contributed by atoms with Crippen molar-refractivity contribution in [2.75, 3.05) is 32.9 Å². The molecule has 0 radical (unpaired) electrons. The van der Waals surface area contributed by atoms with E-state index in [2.05, 4.69) is 9.97 Å². The van der Waals surface area contributed by atoms with E-state index in [1.165, 1.54) is 0 Å². The molecule has 2 amide bonds. The van der Waals surface area contributed by atoms with Gasteiger partial charge < -0.3 is 19.4 Å². The quantitative estimate of drug-likeness (QED) is 0.445. The number of hydrogen-bond donors (Lipinski definition) is 3. The fourth-order valence-corrected chi connectivity index (χ4v) is 3.13. The molecule has 9 heteroatoms. The number of aromatic nitrogens is 2. The summed E-state index contributed by atoms with van der Waals surface area (Å²) in [6.07, 6.45) is 0. The minimum atomic E-state index is -0.594. The first-order valence-electron chi connectivity index (χ1n) is 9.17. The van der Waals surface area contributed by atoms with E-state index in [-0.39, 0.29) is 12.5 Å². The first-order chi connectivity index (χ1) is 14.1. The van der Waals surface area contributed by atoms with Crippen LogP contribution in [-0.2, 0) is 9.53 Å². The highest BCUT2D eigenvalue weighted by atomic mass is 16.5. The molecule has 0 unspecified atom stereocenters. The number of H-pyrrole nitrogens is 1. The Kier molecular flexibility index (Phi) is 5.41. The fraction of sp³-hybridized carbons (Fsp3) is 0.250. The lowest BCUT2D eigenvalue weighted by Crippen LogP contribution is -2.42. The maximum absolute atomic E-state index is 12.2. The molecule has 4 rings (SSSR count). The molecule has 0 spiro atoms. The van der Waals surface area contributed by atoms with Crippen LogP contribution in [0.15, 0.2) is 42.5 Å². The highest BCUT2D eigenvalue weighted by Crippen LogP contribution is 2.24. The van der Waals surface area contributed by atoms with E-state index in [0.29, 0.717) is 54.5 Å². The minimum absolute atomic E-state index is 0.0385. The van der Waals surface area contributed by atoms with Crippen molar-refractivity contribution in [1.82, 2.24) is 20.3 Å². The molecule has 2 heterocycles. The Morgan fingerprint density at radius 2 is 2.03 bits per heavy atom. The van der Waals surface area contributed by atoms with Gasteiger partial charge in [-0.1, -0.05) is 12.1 Å². The molecule has 3 aromatic rings. The molecular weight excluding hydrogens is 376 g/mol. The van der Waals surface area contributed by atoms with Gasteiger partial charge in [0.05, 0.1) is 24.2 Å². The van der Waals surface area contributed by atoms with Gasteiger partial charge in [0.25, 0.3) is 11.8 Å². The number of imidazole rings is 1. The highest BCUT2D eigenvalue weighted by molar-refractivity contribution is 5.97. The maximum Gasteiger partial charge on any atom is 0.274 e. The Bertz CT molecular complexity index is 1040. The van der Waals surface area contributed by atoms with Crippen LogP contribution in [0.3, 0.4) is 0 Å². The molecule has 0 saturated carbocycles. The maximum atomic E-state index is 12.2. The fourth-order valence-electron chi connectivity index (χ4n) is 3.13. The summed E-state index contributed by atoms with van der Waals surface area (Å²) in [5, 5.41) is 8.77. The van der Waals surface area contributed by atoms with Crippen LogP contribution in [0.1, 0.15) is 10.4 Å². The Morgan fingerprint density at radius 3 is 2.83 bits per heavy atom. The second kappa shape index (κ2) is 8.29. The van der Waals surface area contributed by atoms with Gasteiger partial charge in [-0.2, -0.15) is 0 Å². The van der Waals surface area contributed by atoms with Crippen LogP contribution < -0.4 is 10.2 Å². The van der Waals surface area contributed by atoms with Gasteiger partial charge in [-0.3, -0.25) is 14.8 Å². The van der Waals surface area contributed by atoms with Crippen LogP contribution in [0, 0.1) is 0 Å². The van der Waals surface area contributed by atoms with Crippen LogP contribution in [0.25, 0.3) is 22.4 Å². The van der Waals surface area contributed by atoms with Crippen molar-refractivity contribution in [2.24, 2.45) is 0 Å². The molecule has 1 aliphatic heterocycles. The third kappa shape index (κ3) is 4.20. The van der Waals surface area contributed by atoms with Gasteiger partial charge in [-0.15, -0.1) is 0 Å². The predicted molar refractivity (Wildman–Crippen MR) is 104 cm³/mol. The number of hydroxylamine groups is 1. The van der Waals surface area contributed by atoms with Gasteiger partial charge in [0.2, 0.25) is 0 Å². The number of carbonyl (C=O) groups is 2. The molecule has 29 heavy (non-hydrogen) atoms. The number of amides is 2. The van der Waals surface area contributed by atoms with Crippen molar-refractivity contribution < 1.29 is 24.3 Å². The molecule has 0 bridgehead atoms. The van der Waals surface area contributed by atoms with Crippen LogP contribution in [-0.4, -0.2) is 64.8 Å². The summed E-state index contributed by atoms with van der Waals surface area (Å²) in [6, 6.07) is 12.2. The Balaban J connectivity index is 1.49. The summed E-state index contributed by atoms with van der Waals surface area (Å²) in [6.45, 7) is 2.22. The zero-order valence-corrected chi connectivity index (χ0v) is 15.6. The van der Waals surface area contributed by atoms with Gasteiger partial charge >= 0.3 is 0 Å². The average molecular weight is 396 g/mol. The van der Waals surface area contributed by atoms with Crippen LogP contribution in [0.4, 0.5) is 0 Å². The third-order valence-corrected chi connectivity index (χ3v) is 4.68. The SMILES string of the molecule is O=C(NO)c1ccc2nc(-c3cccc(OCC(=O)N4CCOCC4)c3)[nH]c2c1. The number of ether oxygens (including phenoxy) is 2. The molecule has 2 aromatic carbocycles. The topological polar surface area (TPSA) is 117 Å². The summed E-state index contributed by atoms with van der Waals surface area (Å²) in [5.74, 6) is 0.497. The number of nitrogens with zero attached hydrogens (tertiary/aromatic N) is 2. The van der Waals surface area contributed by atoms with Crippen molar-refractivity contribution >= 4 is 22.8 Å². The number of rotatable bonds is 5. The number of nitrogens with one attached hydrogen (secondary N) is 2. The number of aromatic amines is 1. The molecule has 0 aliphatic carbocycles. The summed E-state index contributed by atoms with van der Waals surface area (Å²) < 4.78 is 10.9. The van der Waals surface area contributed by atoms with Gasteiger partial charge in [0.15, 0.2) is 6.61 Å². The zero-order chi connectivity index (χ0) is 20.2. The Morgan fingerprint density at radius 1 is 1.21 bits per heavy atom. The van der Waals surface area contributed by atoms with E-state index in [9.17, 15) is 9.59 Å². The van der Waals surface area contributed by atoms with Crippen LogP contribution >= 0.6 is 0 Å². The van der Waals surface area contributed by atoms with Gasteiger partial charge in [0.1, 0.15) is 11.6 Å². The molecular formula is C20H20N4O5. The van der Waals surface area contributed by atoms with Gasteiger partial charge in [-0.25, -0.2) is 10.5 Å².